The highest BCUT2D eigenvalue weighted by atomic mass is 32.2. The largest absolute Gasteiger partial charge is 0.481 e. The first kappa shape index (κ1) is 19.1. The van der Waals surface area contributed by atoms with Crippen molar-refractivity contribution >= 4 is 21.9 Å². The number of hydrogen-bond acceptors (Lipinski definition) is 5. The van der Waals surface area contributed by atoms with E-state index in [-0.39, 0.29) is 17.9 Å². The third kappa shape index (κ3) is 4.52. The van der Waals surface area contributed by atoms with Crippen molar-refractivity contribution < 1.29 is 23.1 Å². The van der Waals surface area contributed by atoms with E-state index in [1.165, 1.54) is 23.6 Å². The van der Waals surface area contributed by atoms with Gasteiger partial charge >= 0.3 is 5.97 Å². The Hall–Kier alpha value is -1.94. The summed E-state index contributed by atoms with van der Waals surface area (Å²) in [4.78, 5) is 23.9. The Kier molecular flexibility index (Phi) is 5.89. The third-order valence-corrected chi connectivity index (χ3v) is 5.24. The molecule has 1 aromatic heterocycles. The van der Waals surface area contributed by atoms with Crippen molar-refractivity contribution in [3.63, 3.8) is 0 Å². The summed E-state index contributed by atoms with van der Waals surface area (Å²) in [5.41, 5.74) is 0.810. The number of aryl methyl sites for hydroxylation is 2. The smallest absolute Gasteiger partial charge is 0.305 e. The van der Waals surface area contributed by atoms with Crippen LogP contribution in [0.3, 0.4) is 0 Å². The molecule has 1 aromatic rings. The Morgan fingerprint density at radius 1 is 1.39 bits per heavy atom. The van der Waals surface area contributed by atoms with Crippen LogP contribution in [-0.2, 0) is 26.7 Å². The molecule has 130 valence electrons. The minimum Gasteiger partial charge on any atom is -0.481 e. The number of carbonyl (C=O) groups excluding carboxylic acids is 1. The van der Waals surface area contributed by atoms with E-state index in [4.69, 9.17) is 5.11 Å². The van der Waals surface area contributed by atoms with Gasteiger partial charge in [-0.05, 0) is 20.8 Å². The Morgan fingerprint density at radius 2 is 1.96 bits per heavy atom. The second kappa shape index (κ2) is 7.09. The van der Waals surface area contributed by atoms with Gasteiger partial charge in [0.25, 0.3) is 0 Å². The molecule has 0 aliphatic carbocycles. The molecule has 1 heterocycles. The Labute approximate surface area is 135 Å². The number of likely N-dealkylation sites (N-methyl/N-ethyl adjacent to an activating group) is 1. The van der Waals surface area contributed by atoms with E-state index in [2.05, 4.69) is 9.82 Å². The van der Waals surface area contributed by atoms with Gasteiger partial charge in [0.1, 0.15) is 4.90 Å². The maximum absolute atomic E-state index is 12.5. The van der Waals surface area contributed by atoms with Crippen molar-refractivity contribution in [3.8, 4) is 0 Å². The molecule has 0 spiro atoms. The number of carbonyl (C=O) groups is 2. The zero-order chi connectivity index (χ0) is 17.9. The molecule has 23 heavy (non-hydrogen) atoms. The number of carboxylic acid groups (broad SMARTS) is 1. The van der Waals surface area contributed by atoms with Crippen LogP contribution in [0.15, 0.2) is 4.90 Å². The van der Waals surface area contributed by atoms with E-state index in [9.17, 15) is 18.0 Å². The predicted octanol–water partition coefficient (Wildman–Crippen LogP) is -0.363. The standard InChI is InChI=1S/C13H22N4O5S/c1-8-12(10(3)17(5)14-8)23(21,22)15-9(2)13(20)16(4)7-6-11(18)19/h9,15H,6-7H2,1-5H3,(H,18,19). The lowest BCUT2D eigenvalue weighted by Crippen LogP contribution is -2.46. The van der Waals surface area contributed by atoms with E-state index in [1.807, 2.05) is 0 Å². The molecule has 0 saturated heterocycles. The second-order valence-corrected chi connectivity index (χ2v) is 7.02. The lowest BCUT2D eigenvalue weighted by Gasteiger charge is -2.21. The maximum Gasteiger partial charge on any atom is 0.305 e. The first-order valence-corrected chi connectivity index (χ1v) is 8.45. The van der Waals surface area contributed by atoms with Crippen LogP contribution >= 0.6 is 0 Å². The average Bonchev–Trinajstić information content (AvgIpc) is 2.68. The number of amides is 1. The Balaban J connectivity index is 2.88. The first-order chi connectivity index (χ1) is 10.5. The van der Waals surface area contributed by atoms with Crippen molar-refractivity contribution in [1.29, 1.82) is 0 Å². The highest BCUT2D eigenvalue weighted by Gasteiger charge is 2.28. The molecule has 10 heteroatoms. The third-order valence-electron chi connectivity index (χ3n) is 3.45. The topological polar surface area (TPSA) is 122 Å². The van der Waals surface area contributed by atoms with Crippen LogP contribution < -0.4 is 4.72 Å². The van der Waals surface area contributed by atoms with E-state index >= 15 is 0 Å². The van der Waals surface area contributed by atoms with Crippen molar-refractivity contribution in [2.24, 2.45) is 7.05 Å². The summed E-state index contributed by atoms with van der Waals surface area (Å²) < 4.78 is 28.7. The van der Waals surface area contributed by atoms with Crippen LogP contribution in [0.25, 0.3) is 0 Å². The van der Waals surface area contributed by atoms with Gasteiger partial charge in [-0.25, -0.2) is 8.42 Å². The molecule has 0 aromatic carbocycles. The number of carboxylic acids is 1. The summed E-state index contributed by atoms with van der Waals surface area (Å²) in [6.45, 7) is 4.62. The highest BCUT2D eigenvalue weighted by molar-refractivity contribution is 7.89. The summed E-state index contributed by atoms with van der Waals surface area (Å²) >= 11 is 0. The van der Waals surface area contributed by atoms with Crippen molar-refractivity contribution in [1.82, 2.24) is 19.4 Å². The van der Waals surface area contributed by atoms with Crippen LogP contribution in [0, 0.1) is 13.8 Å². The summed E-state index contributed by atoms with van der Waals surface area (Å²) in [6.07, 6.45) is -0.206. The fraction of sp³-hybridized carbons (Fsp3) is 0.615. The molecule has 0 bridgehead atoms. The number of hydrogen-bond donors (Lipinski definition) is 2. The molecule has 0 aliphatic rings. The molecule has 1 atom stereocenters. The van der Waals surface area contributed by atoms with Crippen molar-refractivity contribution in [2.45, 2.75) is 38.1 Å². The van der Waals surface area contributed by atoms with Gasteiger partial charge in [-0.3, -0.25) is 14.3 Å². The second-order valence-electron chi connectivity index (χ2n) is 5.37. The number of nitrogens with zero attached hydrogens (tertiary/aromatic N) is 3. The van der Waals surface area contributed by atoms with Crippen LogP contribution in [0.4, 0.5) is 0 Å². The number of rotatable bonds is 7. The molecule has 1 rings (SSSR count). The summed E-state index contributed by atoms with van der Waals surface area (Å²) in [6, 6.07) is -1.02. The molecule has 0 fully saturated rings. The zero-order valence-corrected chi connectivity index (χ0v) is 14.6. The van der Waals surface area contributed by atoms with E-state index in [0.717, 1.165) is 0 Å². The SMILES string of the molecule is Cc1nn(C)c(C)c1S(=O)(=O)NC(C)C(=O)N(C)CCC(=O)O. The monoisotopic (exact) mass is 346 g/mol. The zero-order valence-electron chi connectivity index (χ0n) is 13.8. The first-order valence-electron chi connectivity index (χ1n) is 6.96. The van der Waals surface area contributed by atoms with Gasteiger partial charge in [-0.15, -0.1) is 0 Å². The molecular formula is C13H22N4O5S. The number of nitrogens with one attached hydrogen (secondary N) is 1. The van der Waals surface area contributed by atoms with E-state index < -0.39 is 27.9 Å². The molecule has 1 unspecified atom stereocenters. The fourth-order valence-electron chi connectivity index (χ4n) is 2.19. The van der Waals surface area contributed by atoms with Crippen LogP contribution in [0.5, 0.6) is 0 Å². The lowest BCUT2D eigenvalue weighted by molar-refractivity contribution is -0.138. The highest BCUT2D eigenvalue weighted by Crippen LogP contribution is 2.18. The number of aliphatic carboxylic acids is 1. The molecular weight excluding hydrogens is 324 g/mol. The Bertz CT molecular complexity index is 710. The van der Waals surface area contributed by atoms with E-state index in [1.54, 1.807) is 20.9 Å². The molecule has 2 N–H and O–H groups in total. The van der Waals surface area contributed by atoms with Crippen molar-refractivity contribution in [2.75, 3.05) is 13.6 Å². The number of aromatic nitrogens is 2. The molecule has 0 radical (unpaired) electrons. The minimum atomic E-state index is -3.91. The number of sulfonamides is 1. The minimum absolute atomic E-state index is 0.00514. The van der Waals surface area contributed by atoms with Gasteiger partial charge < -0.3 is 10.0 Å². The van der Waals surface area contributed by atoms with Gasteiger partial charge in [0, 0.05) is 20.6 Å². The Morgan fingerprint density at radius 3 is 2.39 bits per heavy atom. The fourth-order valence-corrected chi connectivity index (χ4v) is 3.82. The molecule has 1 amide bonds. The van der Waals surface area contributed by atoms with Gasteiger partial charge in [0.2, 0.25) is 15.9 Å². The summed E-state index contributed by atoms with van der Waals surface area (Å²) in [7, 11) is -0.845. The summed E-state index contributed by atoms with van der Waals surface area (Å²) in [5.74, 6) is -1.53. The molecule has 9 nitrogen and oxygen atoms in total. The van der Waals surface area contributed by atoms with Gasteiger partial charge in [-0.1, -0.05) is 0 Å². The predicted molar refractivity (Wildman–Crippen MR) is 82.4 cm³/mol. The quantitative estimate of drug-likeness (QED) is 0.695. The van der Waals surface area contributed by atoms with Crippen LogP contribution in [0.2, 0.25) is 0 Å². The van der Waals surface area contributed by atoms with Gasteiger partial charge in [0.05, 0.1) is 23.9 Å². The molecule has 0 saturated carbocycles. The van der Waals surface area contributed by atoms with Gasteiger partial charge in [-0.2, -0.15) is 9.82 Å². The average molecular weight is 346 g/mol. The van der Waals surface area contributed by atoms with Crippen LogP contribution in [0.1, 0.15) is 24.7 Å². The lowest BCUT2D eigenvalue weighted by atomic mass is 10.3. The molecule has 0 aliphatic heterocycles. The normalized spacial score (nSPS) is 12.9. The van der Waals surface area contributed by atoms with E-state index in [0.29, 0.717) is 11.4 Å². The summed E-state index contributed by atoms with van der Waals surface area (Å²) in [5, 5.41) is 12.7. The van der Waals surface area contributed by atoms with Crippen LogP contribution in [-0.4, -0.2) is 59.7 Å². The maximum atomic E-state index is 12.5. The van der Waals surface area contributed by atoms with Crippen molar-refractivity contribution in [3.05, 3.63) is 11.4 Å². The van der Waals surface area contributed by atoms with Gasteiger partial charge in [0.15, 0.2) is 0 Å².